The monoisotopic (exact) mass is 694 g/mol. The molecule has 0 aromatic rings. The first-order valence-corrected chi connectivity index (χ1v) is 22.0. The van der Waals surface area contributed by atoms with E-state index in [1.54, 1.807) is 6.08 Å². The highest BCUT2D eigenvalue weighted by atomic mass is 16.3. The van der Waals surface area contributed by atoms with Crippen molar-refractivity contribution in [2.45, 2.75) is 257 Å². The molecule has 0 aliphatic carbocycles. The summed E-state index contributed by atoms with van der Waals surface area (Å²) in [5.74, 6) is -0.314. The van der Waals surface area contributed by atoms with E-state index in [2.05, 4.69) is 19.2 Å². The highest BCUT2D eigenvalue weighted by molar-refractivity contribution is 5.76. The van der Waals surface area contributed by atoms with Gasteiger partial charge in [-0.3, -0.25) is 4.79 Å². The Hall–Kier alpha value is -0.910. The zero-order valence-electron chi connectivity index (χ0n) is 33.1. The minimum atomic E-state index is -0.923. The molecule has 292 valence electrons. The molecule has 5 nitrogen and oxygen atoms in total. The van der Waals surface area contributed by atoms with E-state index in [1.807, 2.05) is 6.08 Å². The van der Waals surface area contributed by atoms with Crippen LogP contribution in [0.4, 0.5) is 0 Å². The second-order valence-corrected chi connectivity index (χ2v) is 15.3. The van der Waals surface area contributed by atoms with Crippen molar-refractivity contribution < 1.29 is 20.1 Å². The lowest BCUT2D eigenvalue weighted by atomic mass is 10.0. The van der Waals surface area contributed by atoms with Crippen LogP contribution in [0.15, 0.2) is 12.2 Å². The zero-order chi connectivity index (χ0) is 35.9. The maximum Gasteiger partial charge on any atom is 0.222 e. The number of carbonyl (C=O) groups excluding carboxylic acids is 1. The fourth-order valence-corrected chi connectivity index (χ4v) is 6.93. The smallest absolute Gasteiger partial charge is 0.222 e. The van der Waals surface area contributed by atoms with E-state index in [0.717, 1.165) is 25.7 Å². The number of nitrogens with one attached hydrogen (secondary N) is 1. The second-order valence-electron chi connectivity index (χ2n) is 15.3. The SMILES string of the molecule is CCCCCCCCCCCCCCCCCCCCCCCC/C=C/C(O)C(CO)NC(=O)CC(O)CCCCCCCCCCCC. The van der Waals surface area contributed by atoms with Crippen LogP contribution in [0, 0.1) is 0 Å². The molecule has 3 atom stereocenters. The topological polar surface area (TPSA) is 89.8 Å². The normalized spacial score (nSPS) is 13.7. The summed E-state index contributed by atoms with van der Waals surface area (Å²) < 4.78 is 0. The van der Waals surface area contributed by atoms with E-state index in [-0.39, 0.29) is 18.9 Å². The predicted molar refractivity (Wildman–Crippen MR) is 213 cm³/mol. The van der Waals surface area contributed by atoms with Crippen LogP contribution in [0.2, 0.25) is 0 Å². The van der Waals surface area contributed by atoms with Gasteiger partial charge in [-0.1, -0.05) is 225 Å². The van der Waals surface area contributed by atoms with Gasteiger partial charge < -0.3 is 20.6 Å². The van der Waals surface area contributed by atoms with Gasteiger partial charge in [0.15, 0.2) is 0 Å². The second kappa shape index (κ2) is 39.9. The van der Waals surface area contributed by atoms with Crippen LogP contribution in [0.3, 0.4) is 0 Å². The number of allylic oxidation sites excluding steroid dienone is 1. The maximum absolute atomic E-state index is 12.4. The van der Waals surface area contributed by atoms with Crippen LogP contribution in [0.25, 0.3) is 0 Å². The third-order valence-corrected chi connectivity index (χ3v) is 10.3. The number of hydrogen-bond donors (Lipinski definition) is 4. The average molecular weight is 694 g/mol. The summed E-state index contributed by atoms with van der Waals surface area (Å²) in [6.07, 6.45) is 46.5. The number of amides is 1. The summed E-state index contributed by atoms with van der Waals surface area (Å²) in [6.45, 7) is 4.21. The molecule has 49 heavy (non-hydrogen) atoms. The molecule has 0 rings (SSSR count). The molecule has 0 aliphatic rings. The molecule has 5 heteroatoms. The van der Waals surface area contributed by atoms with Gasteiger partial charge >= 0.3 is 0 Å². The Morgan fingerprint density at radius 2 is 0.837 bits per heavy atom. The molecule has 0 aromatic heterocycles. The molecule has 1 amide bonds. The summed E-state index contributed by atoms with van der Waals surface area (Å²) in [5, 5.41) is 33.1. The highest BCUT2D eigenvalue weighted by Gasteiger charge is 2.20. The Bertz CT molecular complexity index is 684. The lowest BCUT2D eigenvalue weighted by Crippen LogP contribution is -2.45. The number of carbonyl (C=O) groups is 1. The lowest BCUT2D eigenvalue weighted by Gasteiger charge is -2.21. The molecule has 0 bridgehead atoms. The fourth-order valence-electron chi connectivity index (χ4n) is 6.93. The third-order valence-electron chi connectivity index (χ3n) is 10.3. The molecular weight excluding hydrogens is 606 g/mol. The third kappa shape index (κ3) is 36.7. The molecule has 4 N–H and O–H groups in total. The van der Waals surface area contributed by atoms with Crippen LogP contribution in [0.5, 0.6) is 0 Å². The average Bonchev–Trinajstić information content (AvgIpc) is 3.09. The lowest BCUT2D eigenvalue weighted by molar-refractivity contribution is -0.124. The number of aliphatic hydroxyl groups excluding tert-OH is 3. The molecule has 0 spiro atoms. The van der Waals surface area contributed by atoms with Gasteiger partial charge in [0.1, 0.15) is 0 Å². The number of rotatable bonds is 40. The highest BCUT2D eigenvalue weighted by Crippen LogP contribution is 2.16. The van der Waals surface area contributed by atoms with Crippen LogP contribution in [0.1, 0.15) is 239 Å². The van der Waals surface area contributed by atoms with E-state index in [1.165, 1.54) is 186 Å². The maximum atomic E-state index is 12.4. The number of hydrogen-bond acceptors (Lipinski definition) is 4. The van der Waals surface area contributed by atoms with Crippen molar-refractivity contribution in [3.8, 4) is 0 Å². The summed E-state index contributed by atoms with van der Waals surface area (Å²) >= 11 is 0. The number of aliphatic hydroxyl groups is 3. The first-order chi connectivity index (χ1) is 24.0. The van der Waals surface area contributed by atoms with Crippen molar-refractivity contribution >= 4 is 5.91 Å². The fraction of sp³-hybridized carbons (Fsp3) is 0.932. The van der Waals surface area contributed by atoms with Crippen LogP contribution in [-0.4, -0.2) is 46.1 Å². The minimum Gasteiger partial charge on any atom is -0.394 e. The van der Waals surface area contributed by atoms with Crippen LogP contribution >= 0.6 is 0 Å². The van der Waals surface area contributed by atoms with Crippen LogP contribution in [-0.2, 0) is 4.79 Å². The van der Waals surface area contributed by atoms with Crippen molar-refractivity contribution in [2.75, 3.05) is 6.61 Å². The molecule has 0 fully saturated rings. The first-order valence-electron chi connectivity index (χ1n) is 22.0. The first kappa shape index (κ1) is 48.1. The molecule has 0 aromatic carbocycles. The molecule has 0 saturated heterocycles. The summed E-state index contributed by atoms with van der Waals surface area (Å²) in [6, 6.07) is -0.738. The largest absolute Gasteiger partial charge is 0.394 e. The van der Waals surface area contributed by atoms with E-state index < -0.39 is 18.2 Å². The van der Waals surface area contributed by atoms with Gasteiger partial charge in [0.25, 0.3) is 0 Å². The van der Waals surface area contributed by atoms with Gasteiger partial charge in [0.2, 0.25) is 5.91 Å². The molecule has 0 aliphatic heterocycles. The molecule has 3 unspecified atom stereocenters. The van der Waals surface area contributed by atoms with Gasteiger partial charge in [-0.05, 0) is 19.3 Å². The summed E-state index contributed by atoms with van der Waals surface area (Å²) in [7, 11) is 0. The number of unbranched alkanes of at least 4 members (excludes halogenated alkanes) is 31. The standard InChI is InChI=1S/C44H87NO4/c1-3-5-7-9-11-13-15-16-17-18-19-20-21-22-23-24-25-26-27-28-30-32-34-36-38-43(48)42(40-46)45-44(49)39-41(47)37-35-33-31-29-14-12-10-8-6-4-2/h36,38,41-43,46-48H,3-35,37,39-40H2,1-2H3,(H,45,49)/b38-36+. The quantitative estimate of drug-likeness (QED) is 0.0380. The molecule has 0 heterocycles. The van der Waals surface area contributed by atoms with Crippen molar-refractivity contribution in [2.24, 2.45) is 0 Å². The predicted octanol–water partition coefficient (Wildman–Crippen LogP) is 12.4. The zero-order valence-corrected chi connectivity index (χ0v) is 33.1. The van der Waals surface area contributed by atoms with Gasteiger partial charge in [-0.25, -0.2) is 0 Å². The van der Waals surface area contributed by atoms with Crippen LogP contribution < -0.4 is 5.32 Å². The van der Waals surface area contributed by atoms with E-state index in [4.69, 9.17) is 0 Å². The summed E-state index contributed by atoms with van der Waals surface area (Å²) in [5.41, 5.74) is 0. The minimum absolute atomic E-state index is 0.0177. The van der Waals surface area contributed by atoms with Gasteiger partial charge in [0, 0.05) is 0 Å². The Morgan fingerprint density at radius 3 is 1.18 bits per heavy atom. The Kier molecular flexibility index (Phi) is 39.1. The van der Waals surface area contributed by atoms with Crippen molar-refractivity contribution in [3.63, 3.8) is 0 Å². The van der Waals surface area contributed by atoms with Gasteiger partial charge in [-0.2, -0.15) is 0 Å². The molecule has 0 saturated carbocycles. The molecular formula is C44H87NO4. The van der Waals surface area contributed by atoms with Crippen molar-refractivity contribution in [1.29, 1.82) is 0 Å². The summed E-state index contributed by atoms with van der Waals surface area (Å²) in [4.78, 5) is 12.4. The van der Waals surface area contributed by atoms with E-state index in [9.17, 15) is 20.1 Å². The van der Waals surface area contributed by atoms with E-state index in [0.29, 0.717) is 6.42 Å². The van der Waals surface area contributed by atoms with Crippen molar-refractivity contribution in [1.82, 2.24) is 5.32 Å². The Balaban J connectivity index is 3.58. The Labute approximate surface area is 306 Å². The van der Waals surface area contributed by atoms with Gasteiger partial charge in [-0.15, -0.1) is 0 Å². The van der Waals surface area contributed by atoms with E-state index >= 15 is 0 Å². The molecule has 0 radical (unpaired) electrons. The Morgan fingerprint density at radius 1 is 0.510 bits per heavy atom. The van der Waals surface area contributed by atoms with Crippen molar-refractivity contribution in [3.05, 3.63) is 12.2 Å². The van der Waals surface area contributed by atoms with Gasteiger partial charge in [0.05, 0.1) is 31.3 Å².